The third-order valence-corrected chi connectivity index (χ3v) is 3.55. The molecule has 2 aromatic heterocycles. The number of hydrogen-bond donors (Lipinski definition) is 1. The van der Waals surface area contributed by atoms with Crippen molar-refractivity contribution in [3.8, 4) is 0 Å². The van der Waals surface area contributed by atoms with Gasteiger partial charge in [-0.15, -0.1) is 0 Å². The molecule has 0 aliphatic carbocycles. The van der Waals surface area contributed by atoms with E-state index in [1.165, 1.54) is 0 Å². The molecule has 21 heavy (non-hydrogen) atoms. The molecule has 5 heteroatoms. The zero-order valence-corrected chi connectivity index (χ0v) is 12.5. The molecule has 0 atom stereocenters. The molecule has 0 aliphatic rings. The summed E-state index contributed by atoms with van der Waals surface area (Å²) in [6, 6.07) is 9.93. The van der Waals surface area contributed by atoms with Crippen LogP contribution in [0.3, 0.4) is 0 Å². The van der Waals surface area contributed by atoms with E-state index in [4.69, 9.17) is 5.73 Å². The number of nitrogens with zero attached hydrogens (tertiary/aromatic N) is 4. The van der Waals surface area contributed by atoms with Crippen molar-refractivity contribution in [2.75, 3.05) is 5.73 Å². The summed E-state index contributed by atoms with van der Waals surface area (Å²) in [6.07, 6.45) is 0.650. The molecular formula is C16H19N5. The van der Waals surface area contributed by atoms with Gasteiger partial charge in [0.15, 0.2) is 0 Å². The van der Waals surface area contributed by atoms with Crippen LogP contribution in [0.25, 0.3) is 11.0 Å². The summed E-state index contributed by atoms with van der Waals surface area (Å²) in [7, 11) is 2.03. The number of para-hydroxylation sites is 2. The third kappa shape index (κ3) is 2.59. The van der Waals surface area contributed by atoms with Crippen molar-refractivity contribution in [2.24, 2.45) is 7.05 Å². The fraction of sp³-hybridized carbons (Fsp3) is 0.312. The van der Waals surface area contributed by atoms with Crippen LogP contribution < -0.4 is 5.73 Å². The summed E-state index contributed by atoms with van der Waals surface area (Å²) in [5.41, 5.74) is 8.92. The first-order valence-corrected chi connectivity index (χ1v) is 7.08. The lowest BCUT2D eigenvalue weighted by Gasteiger charge is -2.08. The van der Waals surface area contributed by atoms with Crippen LogP contribution >= 0.6 is 0 Å². The molecule has 108 valence electrons. The molecule has 0 aliphatic heterocycles. The van der Waals surface area contributed by atoms with E-state index in [0.29, 0.717) is 12.2 Å². The van der Waals surface area contributed by atoms with Crippen LogP contribution in [0.15, 0.2) is 30.3 Å². The van der Waals surface area contributed by atoms with E-state index < -0.39 is 0 Å². The highest BCUT2D eigenvalue weighted by Crippen LogP contribution is 2.18. The second-order valence-corrected chi connectivity index (χ2v) is 5.55. The number of nitrogen functional groups attached to an aromatic ring is 1. The number of rotatable bonds is 3. The molecule has 0 saturated heterocycles. The van der Waals surface area contributed by atoms with Crippen molar-refractivity contribution >= 4 is 16.9 Å². The first-order chi connectivity index (χ1) is 10.0. The monoisotopic (exact) mass is 281 g/mol. The Morgan fingerprint density at radius 2 is 1.90 bits per heavy atom. The SMILES string of the molecule is CC(C)c1nc(N)cc(Cc2nc3ccccc3n2C)n1. The van der Waals surface area contributed by atoms with Crippen molar-refractivity contribution in [2.45, 2.75) is 26.2 Å². The summed E-state index contributed by atoms with van der Waals surface area (Å²) in [6.45, 7) is 4.13. The maximum atomic E-state index is 5.89. The maximum Gasteiger partial charge on any atom is 0.133 e. The van der Waals surface area contributed by atoms with Gasteiger partial charge in [0.25, 0.3) is 0 Å². The van der Waals surface area contributed by atoms with Crippen molar-refractivity contribution < 1.29 is 0 Å². The summed E-state index contributed by atoms with van der Waals surface area (Å²) >= 11 is 0. The normalized spacial score (nSPS) is 11.4. The highest BCUT2D eigenvalue weighted by molar-refractivity contribution is 5.75. The minimum Gasteiger partial charge on any atom is -0.384 e. The quantitative estimate of drug-likeness (QED) is 0.801. The zero-order chi connectivity index (χ0) is 15.0. The average molecular weight is 281 g/mol. The Morgan fingerprint density at radius 3 is 2.62 bits per heavy atom. The molecule has 0 saturated carbocycles. The predicted molar refractivity (Wildman–Crippen MR) is 84.1 cm³/mol. The van der Waals surface area contributed by atoms with E-state index in [-0.39, 0.29) is 5.92 Å². The zero-order valence-electron chi connectivity index (χ0n) is 12.5. The lowest BCUT2D eigenvalue weighted by atomic mass is 10.2. The second kappa shape index (κ2) is 5.16. The molecule has 0 unspecified atom stereocenters. The molecule has 0 spiro atoms. The fourth-order valence-corrected chi connectivity index (χ4v) is 2.40. The molecule has 5 nitrogen and oxygen atoms in total. The molecule has 0 fully saturated rings. The van der Waals surface area contributed by atoms with Gasteiger partial charge in [0.05, 0.1) is 16.7 Å². The molecule has 0 amide bonds. The minimum atomic E-state index is 0.257. The van der Waals surface area contributed by atoms with Crippen molar-refractivity contribution in [1.29, 1.82) is 0 Å². The topological polar surface area (TPSA) is 69.6 Å². The van der Waals surface area contributed by atoms with E-state index >= 15 is 0 Å². The van der Waals surface area contributed by atoms with Crippen LogP contribution in [0, 0.1) is 0 Å². The average Bonchev–Trinajstić information content (AvgIpc) is 2.75. The highest BCUT2D eigenvalue weighted by Gasteiger charge is 2.11. The molecule has 3 aromatic rings. The number of aryl methyl sites for hydroxylation is 1. The first kappa shape index (κ1) is 13.5. The minimum absolute atomic E-state index is 0.257. The van der Waals surface area contributed by atoms with Crippen molar-refractivity contribution in [1.82, 2.24) is 19.5 Å². The van der Waals surface area contributed by atoms with Crippen LogP contribution in [0.4, 0.5) is 5.82 Å². The third-order valence-electron chi connectivity index (χ3n) is 3.55. The van der Waals surface area contributed by atoms with E-state index in [2.05, 4.69) is 39.4 Å². The van der Waals surface area contributed by atoms with Crippen molar-refractivity contribution in [3.63, 3.8) is 0 Å². The predicted octanol–water partition coefficient (Wildman–Crippen LogP) is 2.66. The first-order valence-electron chi connectivity index (χ1n) is 7.08. The van der Waals surface area contributed by atoms with Gasteiger partial charge in [-0.05, 0) is 12.1 Å². The largest absolute Gasteiger partial charge is 0.384 e. The van der Waals surface area contributed by atoms with Gasteiger partial charge < -0.3 is 10.3 Å². The van der Waals surface area contributed by atoms with Gasteiger partial charge in [0.2, 0.25) is 0 Å². The van der Waals surface area contributed by atoms with Crippen LogP contribution in [0.5, 0.6) is 0 Å². The summed E-state index contributed by atoms with van der Waals surface area (Å²) < 4.78 is 2.10. The Labute approximate surface area is 123 Å². The summed E-state index contributed by atoms with van der Waals surface area (Å²) in [5.74, 6) is 2.53. The summed E-state index contributed by atoms with van der Waals surface area (Å²) in [5, 5.41) is 0. The Morgan fingerprint density at radius 1 is 1.14 bits per heavy atom. The fourth-order valence-electron chi connectivity index (χ4n) is 2.40. The Kier molecular flexibility index (Phi) is 3.33. The van der Waals surface area contributed by atoms with Gasteiger partial charge in [-0.1, -0.05) is 26.0 Å². The Hall–Kier alpha value is -2.43. The van der Waals surface area contributed by atoms with Gasteiger partial charge in [-0.25, -0.2) is 15.0 Å². The molecule has 2 N–H and O–H groups in total. The van der Waals surface area contributed by atoms with Gasteiger partial charge in [0.1, 0.15) is 17.5 Å². The van der Waals surface area contributed by atoms with Crippen LogP contribution in [0.1, 0.15) is 37.1 Å². The van der Waals surface area contributed by atoms with E-state index in [1.54, 1.807) is 0 Å². The van der Waals surface area contributed by atoms with E-state index in [9.17, 15) is 0 Å². The van der Waals surface area contributed by atoms with E-state index in [1.807, 2.05) is 31.3 Å². The second-order valence-electron chi connectivity index (χ2n) is 5.55. The molecule has 2 heterocycles. The molecule has 0 radical (unpaired) electrons. The number of nitrogens with two attached hydrogens (primary N) is 1. The number of hydrogen-bond acceptors (Lipinski definition) is 4. The molecular weight excluding hydrogens is 262 g/mol. The summed E-state index contributed by atoms with van der Waals surface area (Å²) in [4.78, 5) is 13.5. The maximum absolute atomic E-state index is 5.89. The number of imidazole rings is 1. The van der Waals surface area contributed by atoms with Crippen LogP contribution in [-0.4, -0.2) is 19.5 Å². The van der Waals surface area contributed by atoms with Crippen molar-refractivity contribution in [3.05, 3.63) is 47.7 Å². The van der Waals surface area contributed by atoms with Gasteiger partial charge in [-0.2, -0.15) is 0 Å². The Bertz CT molecular complexity index is 788. The van der Waals surface area contributed by atoms with Gasteiger partial charge in [-0.3, -0.25) is 0 Å². The molecule has 1 aromatic carbocycles. The van der Waals surface area contributed by atoms with E-state index in [0.717, 1.165) is 28.4 Å². The molecule has 3 rings (SSSR count). The van der Waals surface area contributed by atoms with Crippen LogP contribution in [-0.2, 0) is 13.5 Å². The number of anilines is 1. The van der Waals surface area contributed by atoms with Gasteiger partial charge in [0, 0.05) is 25.5 Å². The number of aromatic nitrogens is 4. The standard InChI is InChI=1S/C16H19N5/c1-10(2)16-18-11(8-14(17)20-16)9-15-19-12-6-4-5-7-13(12)21(15)3/h4-8,10H,9H2,1-3H3,(H2,17,18,20). The lowest BCUT2D eigenvalue weighted by Crippen LogP contribution is -2.07. The number of fused-ring (bicyclic) bond motifs is 1. The highest BCUT2D eigenvalue weighted by atomic mass is 15.1. The molecule has 0 bridgehead atoms. The van der Waals surface area contributed by atoms with Gasteiger partial charge >= 0.3 is 0 Å². The Balaban J connectivity index is 2.00. The number of benzene rings is 1. The lowest BCUT2D eigenvalue weighted by molar-refractivity contribution is 0.753. The van der Waals surface area contributed by atoms with Crippen LogP contribution in [0.2, 0.25) is 0 Å². The smallest absolute Gasteiger partial charge is 0.133 e.